The van der Waals surface area contributed by atoms with Crippen molar-refractivity contribution >= 4 is 17.8 Å². The van der Waals surface area contributed by atoms with Gasteiger partial charge in [-0.1, -0.05) is 0 Å². The van der Waals surface area contributed by atoms with E-state index in [0.717, 1.165) is 18.5 Å². The van der Waals surface area contributed by atoms with Crippen molar-refractivity contribution in [1.29, 1.82) is 0 Å². The van der Waals surface area contributed by atoms with E-state index in [1.54, 1.807) is 18.0 Å². The van der Waals surface area contributed by atoms with Crippen LogP contribution in [0.3, 0.4) is 0 Å². The Labute approximate surface area is 165 Å². The van der Waals surface area contributed by atoms with Crippen LogP contribution in [0.25, 0.3) is 0 Å². The minimum absolute atomic E-state index is 0.0785. The second kappa shape index (κ2) is 9.12. The molecule has 28 heavy (non-hydrogen) atoms. The van der Waals surface area contributed by atoms with Crippen LogP contribution in [-0.2, 0) is 14.3 Å². The lowest BCUT2D eigenvalue weighted by molar-refractivity contribution is -0.152. The van der Waals surface area contributed by atoms with Crippen molar-refractivity contribution in [3.63, 3.8) is 0 Å². The summed E-state index contributed by atoms with van der Waals surface area (Å²) in [4.78, 5) is 49.3. The number of piperidine rings is 2. The maximum Gasteiger partial charge on any atom is 0.309 e. The maximum atomic E-state index is 12.9. The van der Waals surface area contributed by atoms with Gasteiger partial charge >= 0.3 is 5.97 Å². The fraction of sp³-hybridized carbons (Fsp3) is 0.650. The molecule has 2 aliphatic heterocycles. The number of amides is 2. The van der Waals surface area contributed by atoms with E-state index in [9.17, 15) is 14.4 Å². The van der Waals surface area contributed by atoms with E-state index >= 15 is 0 Å². The van der Waals surface area contributed by atoms with E-state index in [1.165, 1.54) is 6.20 Å². The largest absolute Gasteiger partial charge is 0.466 e. The maximum absolute atomic E-state index is 12.9. The van der Waals surface area contributed by atoms with Gasteiger partial charge in [0.1, 0.15) is 5.69 Å². The number of carbonyl (C=O) groups is 3. The van der Waals surface area contributed by atoms with Crippen LogP contribution in [0.2, 0.25) is 0 Å². The Kier molecular flexibility index (Phi) is 6.59. The summed E-state index contributed by atoms with van der Waals surface area (Å²) in [6, 6.07) is 0. The number of likely N-dealkylation sites (tertiary alicyclic amines) is 2. The first-order valence-electron chi connectivity index (χ1n) is 10.0. The molecule has 1 aromatic rings. The SMILES string of the molecule is CCOC(=O)C1CCN(C(=O)C2CCCN(C(=O)c3cnc(C)cn3)C2)CC1. The Balaban J connectivity index is 1.55. The molecular weight excluding hydrogens is 360 g/mol. The predicted molar refractivity (Wildman–Crippen MR) is 101 cm³/mol. The summed E-state index contributed by atoms with van der Waals surface area (Å²) in [5, 5.41) is 0. The molecule has 0 aliphatic carbocycles. The van der Waals surface area contributed by atoms with Gasteiger partial charge in [-0.15, -0.1) is 0 Å². The summed E-state index contributed by atoms with van der Waals surface area (Å²) in [7, 11) is 0. The van der Waals surface area contributed by atoms with Gasteiger partial charge in [-0.05, 0) is 39.5 Å². The summed E-state index contributed by atoms with van der Waals surface area (Å²) >= 11 is 0. The Morgan fingerprint density at radius 2 is 1.79 bits per heavy atom. The van der Waals surface area contributed by atoms with Crippen LogP contribution in [0, 0.1) is 18.8 Å². The third kappa shape index (κ3) is 4.66. The molecule has 152 valence electrons. The quantitative estimate of drug-likeness (QED) is 0.725. The Morgan fingerprint density at radius 3 is 2.43 bits per heavy atom. The number of carbonyl (C=O) groups excluding carboxylic acids is 3. The van der Waals surface area contributed by atoms with Crippen molar-refractivity contribution in [3.05, 3.63) is 23.8 Å². The van der Waals surface area contributed by atoms with Crippen molar-refractivity contribution in [2.75, 3.05) is 32.8 Å². The molecule has 0 radical (unpaired) electrons. The molecule has 0 bridgehead atoms. The molecule has 0 spiro atoms. The van der Waals surface area contributed by atoms with Crippen LogP contribution >= 0.6 is 0 Å². The van der Waals surface area contributed by atoms with Crippen LogP contribution < -0.4 is 0 Å². The van der Waals surface area contributed by atoms with E-state index in [4.69, 9.17) is 4.74 Å². The van der Waals surface area contributed by atoms with Crippen molar-refractivity contribution < 1.29 is 19.1 Å². The number of rotatable bonds is 4. The summed E-state index contributed by atoms with van der Waals surface area (Å²) in [6.07, 6.45) is 5.91. The standard InChI is InChI=1S/C20H28N4O4/c1-3-28-20(27)15-6-9-23(10-7-15)18(25)16-5-4-8-24(13-16)19(26)17-12-21-14(2)11-22-17/h11-12,15-16H,3-10,13H2,1-2H3. The van der Waals surface area contributed by atoms with Crippen LogP contribution in [0.5, 0.6) is 0 Å². The van der Waals surface area contributed by atoms with E-state index in [1.807, 2.05) is 11.8 Å². The average Bonchev–Trinajstić information content (AvgIpc) is 2.73. The topological polar surface area (TPSA) is 92.7 Å². The number of aromatic nitrogens is 2. The second-order valence-corrected chi connectivity index (χ2v) is 7.48. The summed E-state index contributed by atoms with van der Waals surface area (Å²) in [6.45, 7) is 6.17. The molecule has 2 fully saturated rings. The molecule has 0 aromatic carbocycles. The van der Waals surface area contributed by atoms with Gasteiger partial charge < -0.3 is 14.5 Å². The highest BCUT2D eigenvalue weighted by Gasteiger charge is 2.34. The molecule has 2 amide bonds. The van der Waals surface area contributed by atoms with E-state index < -0.39 is 0 Å². The predicted octanol–water partition coefficient (Wildman–Crippen LogP) is 1.44. The number of nitrogens with zero attached hydrogens (tertiary/aromatic N) is 4. The zero-order valence-corrected chi connectivity index (χ0v) is 16.6. The molecule has 2 aliphatic rings. The van der Waals surface area contributed by atoms with Gasteiger partial charge in [0.2, 0.25) is 5.91 Å². The van der Waals surface area contributed by atoms with Gasteiger partial charge in [0.05, 0.1) is 30.3 Å². The van der Waals surface area contributed by atoms with Gasteiger partial charge in [0.15, 0.2) is 0 Å². The highest BCUT2D eigenvalue weighted by molar-refractivity contribution is 5.92. The van der Waals surface area contributed by atoms with Crippen LogP contribution in [0.15, 0.2) is 12.4 Å². The average molecular weight is 388 g/mol. The first-order chi connectivity index (χ1) is 13.5. The van der Waals surface area contributed by atoms with E-state index in [-0.39, 0.29) is 29.6 Å². The Morgan fingerprint density at radius 1 is 1.04 bits per heavy atom. The molecule has 8 heteroatoms. The number of esters is 1. The van der Waals surface area contributed by atoms with Crippen LogP contribution in [0.1, 0.15) is 48.8 Å². The van der Waals surface area contributed by atoms with Crippen LogP contribution in [0.4, 0.5) is 0 Å². The second-order valence-electron chi connectivity index (χ2n) is 7.48. The summed E-state index contributed by atoms with van der Waals surface area (Å²) in [5.41, 5.74) is 1.07. The number of hydrogen-bond acceptors (Lipinski definition) is 6. The summed E-state index contributed by atoms with van der Waals surface area (Å²) in [5.74, 6) is -0.576. The molecule has 0 N–H and O–H groups in total. The van der Waals surface area contributed by atoms with Gasteiger partial charge in [-0.2, -0.15) is 0 Å². The Bertz CT molecular complexity index is 713. The third-order valence-electron chi connectivity index (χ3n) is 5.48. The number of ether oxygens (including phenoxy) is 1. The number of aryl methyl sites for hydroxylation is 1. The fourth-order valence-electron chi connectivity index (χ4n) is 3.88. The zero-order valence-electron chi connectivity index (χ0n) is 16.6. The Hall–Kier alpha value is -2.51. The zero-order chi connectivity index (χ0) is 20.1. The molecule has 2 saturated heterocycles. The lowest BCUT2D eigenvalue weighted by Gasteiger charge is -2.37. The first-order valence-corrected chi connectivity index (χ1v) is 10.0. The fourth-order valence-corrected chi connectivity index (χ4v) is 3.88. The van der Waals surface area contributed by atoms with Gasteiger partial charge in [-0.3, -0.25) is 19.4 Å². The van der Waals surface area contributed by atoms with Crippen molar-refractivity contribution in [1.82, 2.24) is 19.8 Å². The molecule has 1 aromatic heterocycles. The third-order valence-corrected chi connectivity index (χ3v) is 5.48. The summed E-state index contributed by atoms with van der Waals surface area (Å²) < 4.78 is 5.09. The number of hydrogen-bond donors (Lipinski definition) is 0. The van der Waals surface area contributed by atoms with Gasteiger partial charge in [0, 0.05) is 32.4 Å². The van der Waals surface area contributed by atoms with Gasteiger partial charge in [-0.25, -0.2) is 4.98 Å². The molecule has 8 nitrogen and oxygen atoms in total. The monoisotopic (exact) mass is 388 g/mol. The minimum atomic E-state index is -0.199. The lowest BCUT2D eigenvalue weighted by Crippen LogP contribution is -2.49. The molecule has 1 atom stereocenters. The molecule has 3 rings (SSSR count). The van der Waals surface area contributed by atoms with Crippen LogP contribution in [-0.4, -0.2) is 70.3 Å². The normalized spacial score (nSPS) is 20.7. The molecule has 1 unspecified atom stereocenters. The first kappa shape index (κ1) is 20.2. The lowest BCUT2D eigenvalue weighted by atomic mass is 9.92. The highest BCUT2D eigenvalue weighted by atomic mass is 16.5. The smallest absolute Gasteiger partial charge is 0.309 e. The van der Waals surface area contributed by atoms with Crippen molar-refractivity contribution in [2.24, 2.45) is 11.8 Å². The van der Waals surface area contributed by atoms with Crippen molar-refractivity contribution in [3.8, 4) is 0 Å². The van der Waals surface area contributed by atoms with E-state index in [2.05, 4.69) is 9.97 Å². The highest BCUT2D eigenvalue weighted by Crippen LogP contribution is 2.24. The van der Waals surface area contributed by atoms with E-state index in [0.29, 0.717) is 51.3 Å². The minimum Gasteiger partial charge on any atom is -0.466 e. The molecule has 0 saturated carbocycles. The van der Waals surface area contributed by atoms with Gasteiger partial charge in [0.25, 0.3) is 5.91 Å². The van der Waals surface area contributed by atoms with Crippen molar-refractivity contribution in [2.45, 2.75) is 39.5 Å². The molecular formula is C20H28N4O4. The molecule has 3 heterocycles.